The van der Waals surface area contributed by atoms with Gasteiger partial charge in [-0.1, -0.05) is 78.3 Å². The molecule has 2 atom stereocenters. The van der Waals surface area contributed by atoms with Gasteiger partial charge in [-0.05, 0) is 57.0 Å². The Morgan fingerprint density at radius 2 is 1.83 bits per heavy atom. The van der Waals surface area contributed by atoms with Crippen molar-refractivity contribution >= 4 is 29.3 Å². The number of ether oxygens (including phenoxy) is 2. The number of allylic oxidation sites excluding steroid dienone is 2. The van der Waals surface area contributed by atoms with Crippen molar-refractivity contribution in [3.63, 3.8) is 0 Å². The molecule has 0 radical (unpaired) electrons. The molecule has 0 aliphatic carbocycles. The molecule has 4 N–H and O–H groups in total. The number of benzene rings is 2. The van der Waals surface area contributed by atoms with Gasteiger partial charge in [0, 0.05) is 10.6 Å². The van der Waals surface area contributed by atoms with E-state index in [0.29, 0.717) is 21.9 Å². The molecule has 0 aliphatic rings. The molecule has 0 aliphatic heterocycles. The molecule has 6 nitrogen and oxygen atoms in total. The van der Waals surface area contributed by atoms with Crippen molar-refractivity contribution in [2.75, 3.05) is 0 Å². The average molecular weight is 519 g/mol. The van der Waals surface area contributed by atoms with Crippen LogP contribution in [0.3, 0.4) is 0 Å². The highest BCUT2D eigenvalue weighted by atomic mass is 35.5. The van der Waals surface area contributed by atoms with Crippen LogP contribution >= 0.6 is 23.2 Å². The van der Waals surface area contributed by atoms with Crippen molar-refractivity contribution in [1.29, 1.82) is 0 Å². The highest BCUT2D eigenvalue weighted by molar-refractivity contribution is 6.30. The SMILES string of the molecule is C=C/C(=C\C=C(/N)Cl)C(C)(NC(=O)OC(C)(C)C)C(O)c1ccc(Cl)cc1OCc1ccccc1. The predicted octanol–water partition coefficient (Wildman–Crippen LogP) is 6.39. The molecule has 0 saturated heterocycles. The van der Waals surface area contributed by atoms with Crippen LogP contribution in [0.4, 0.5) is 4.79 Å². The Bertz CT molecular complexity index is 1090. The number of nitrogens with two attached hydrogens (primary N) is 1. The Labute approximate surface area is 217 Å². The van der Waals surface area contributed by atoms with Gasteiger partial charge in [-0.3, -0.25) is 0 Å². The summed E-state index contributed by atoms with van der Waals surface area (Å²) in [7, 11) is 0. The number of aliphatic hydroxyl groups excluding tert-OH is 1. The summed E-state index contributed by atoms with van der Waals surface area (Å²) < 4.78 is 11.5. The highest BCUT2D eigenvalue weighted by Crippen LogP contribution is 2.39. The number of amides is 1. The van der Waals surface area contributed by atoms with Crippen molar-refractivity contribution in [2.24, 2.45) is 5.73 Å². The van der Waals surface area contributed by atoms with Gasteiger partial charge in [0.15, 0.2) is 0 Å². The summed E-state index contributed by atoms with van der Waals surface area (Å²) in [6, 6.07) is 14.5. The second-order valence-electron chi connectivity index (χ2n) is 9.07. The number of rotatable bonds is 9. The minimum Gasteiger partial charge on any atom is -0.488 e. The zero-order valence-electron chi connectivity index (χ0n) is 20.3. The highest BCUT2D eigenvalue weighted by Gasteiger charge is 2.40. The lowest BCUT2D eigenvalue weighted by molar-refractivity contribution is 0.0324. The number of alkyl carbamates (subject to hydrolysis) is 1. The lowest BCUT2D eigenvalue weighted by atomic mass is 9.81. The van der Waals surface area contributed by atoms with Crippen molar-refractivity contribution in [2.45, 2.75) is 51.5 Å². The Morgan fingerprint density at radius 3 is 2.40 bits per heavy atom. The van der Waals surface area contributed by atoms with Crippen LogP contribution in [0.1, 0.15) is 44.9 Å². The molecule has 0 heterocycles. The molecule has 1 amide bonds. The van der Waals surface area contributed by atoms with Gasteiger partial charge >= 0.3 is 6.09 Å². The quantitative estimate of drug-likeness (QED) is 0.264. The van der Waals surface area contributed by atoms with Gasteiger partial charge in [0.2, 0.25) is 0 Å². The zero-order valence-corrected chi connectivity index (χ0v) is 21.9. The maximum atomic E-state index is 12.8. The molecule has 8 heteroatoms. The predicted molar refractivity (Wildman–Crippen MR) is 141 cm³/mol. The molecule has 2 aromatic carbocycles. The fraction of sp³-hybridized carbons (Fsp3) is 0.296. The maximum absolute atomic E-state index is 12.8. The lowest BCUT2D eigenvalue weighted by Gasteiger charge is -2.38. The maximum Gasteiger partial charge on any atom is 0.408 e. The first kappa shape index (κ1) is 28.3. The molecule has 0 aromatic heterocycles. The molecule has 0 fully saturated rings. The van der Waals surface area contributed by atoms with E-state index in [2.05, 4.69) is 11.9 Å². The minimum absolute atomic E-state index is 0.0248. The lowest BCUT2D eigenvalue weighted by Crippen LogP contribution is -2.53. The van der Waals surface area contributed by atoms with Crippen molar-refractivity contribution in [1.82, 2.24) is 5.32 Å². The van der Waals surface area contributed by atoms with E-state index in [-0.39, 0.29) is 11.8 Å². The summed E-state index contributed by atoms with van der Waals surface area (Å²) in [6.07, 6.45) is 2.48. The summed E-state index contributed by atoms with van der Waals surface area (Å²) in [6.45, 7) is 11.0. The van der Waals surface area contributed by atoms with Crippen LogP contribution in [0.25, 0.3) is 0 Å². The molecular weight excluding hydrogens is 487 g/mol. The third-order valence-corrected chi connectivity index (χ3v) is 5.42. The molecule has 2 aromatic rings. The van der Waals surface area contributed by atoms with Crippen LogP contribution in [0, 0.1) is 0 Å². The summed E-state index contributed by atoms with van der Waals surface area (Å²) >= 11 is 12.0. The van der Waals surface area contributed by atoms with Crippen LogP contribution in [-0.4, -0.2) is 22.3 Å². The van der Waals surface area contributed by atoms with E-state index in [1.165, 1.54) is 12.2 Å². The van der Waals surface area contributed by atoms with Crippen LogP contribution in [0.5, 0.6) is 5.75 Å². The normalized spacial score (nSPS) is 15.1. The number of carbonyl (C=O) groups is 1. The monoisotopic (exact) mass is 518 g/mol. The molecule has 0 bridgehead atoms. The Morgan fingerprint density at radius 1 is 1.17 bits per heavy atom. The van der Waals surface area contributed by atoms with E-state index in [1.807, 2.05) is 30.3 Å². The van der Waals surface area contributed by atoms with Crippen LogP contribution < -0.4 is 15.8 Å². The second kappa shape index (κ2) is 12.2. The van der Waals surface area contributed by atoms with Crippen LogP contribution in [-0.2, 0) is 11.3 Å². The van der Waals surface area contributed by atoms with Crippen molar-refractivity contribution in [3.8, 4) is 5.75 Å². The fourth-order valence-corrected chi connectivity index (χ4v) is 3.57. The van der Waals surface area contributed by atoms with E-state index < -0.39 is 23.3 Å². The van der Waals surface area contributed by atoms with Gasteiger partial charge < -0.3 is 25.6 Å². The van der Waals surface area contributed by atoms with E-state index >= 15 is 0 Å². The van der Waals surface area contributed by atoms with Gasteiger partial charge in [0.25, 0.3) is 0 Å². The third-order valence-electron chi connectivity index (χ3n) is 5.06. The minimum atomic E-state index is -1.41. The summed E-state index contributed by atoms with van der Waals surface area (Å²) in [5.74, 6) is 0.363. The Balaban J connectivity index is 2.53. The summed E-state index contributed by atoms with van der Waals surface area (Å²) in [5.41, 5.74) is 5.20. The van der Waals surface area contributed by atoms with Crippen LogP contribution in [0.15, 0.2) is 84.1 Å². The smallest absolute Gasteiger partial charge is 0.408 e. The third kappa shape index (κ3) is 8.35. The molecule has 0 spiro atoms. The van der Waals surface area contributed by atoms with E-state index in [0.717, 1.165) is 5.56 Å². The molecule has 0 saturated carbocycles. The first-order chi connectivity index (χ1) is 16.4. The van der Waals surface area contributed by atoms with Gasteiger partial charge in [0.05, 0.1) is 10.7 Å². The Hall–Kier alpha value is -2.93. The topological polar surface area (TPSA) is 93.8 Å². The first-order valence-electron chi connectivity index (χ1n) is 11.0. The zero-order chi connectivity index (χ0) is 26.2. The fourth-order valence-electron chi connectivity index (χ4n) is 3.34. The molecule has 35 heavy (non-hydrogen) atoms. The van der Waals surface area contributed by atoms with Gasteiger partial charge in [-0.2, -0.15) is 0 Å². The first-order valence-corrected chi connectivity index (χ1v) is 11.7. The van der Waals surface area contributed by atoms with E-state index in [4.69, 9.17) is 38.4 Å². The number of hydrogen-bond acceptors (Lipinski definition) is 5. The number of hydrogen-bond donors (Lipinski definition) is 3. The number of nitrogens with one attached hydrogen (secondary N) is 1. The van der Waals surface area contributed by atoms with Crippen LogP contribution in [0.2, 0.25) is 5.02 Å². The molecule has 188 valence electrons. The molecule has 2 unspecified atom stereocenters. The van der Waals surface area contributed by atoms with Gasteiger partial charge in [0.1, 0.15) is 24.1 Å². The Kier molecular flexibility index (Phi) is 9.83. The van der Waals surface area contributed by atoms with Crippen molar-refractivity contribution in [3.05, 3.63) is 100 Å². The van der Waals surface area contributed by atoms with E-state index in [9.17, 15) is 9.90 Å². The number of carbonyl (C=O) groups excluding carboxylic acids is 1. The largest absolute Gasteiger partial charge is 0.488 e. The molecule has 2 rings (SSSR count). The summed E-state index contributed by atoms with van der Waals surface area (Å²) in [4.78, 5) is 12.8. The van der Waals surface area contributed by atoms with Crippen molar-refractivity contribution < 1.29 is 19.4 Å². The standard InChI is InChI=1S/C27H32Cl2N2O4/c1-6-19(12-15-23(29)30)27(5,31-25(33)35-26(2,3)4)24(32)21-14-13-20(28)16-22(21)34-17-18-10-8-7-9-11-18/h6-16,24,32H,1,17,30H2,2-5H3,(H,31,33)/b19-12+,23-15-. The molecular formula is C27H32Cl2N2O4. The van der Waals surface area contributed by atoms with Gasteiger partial charge in [-0.15, -0.1) is 0 Å². The average Bonchev–Trinajstić information content (AvgIpc) is 2.76. The van der Waals surface area contributed by atoms with E-state index in [1.54, 1.807) is 52.0 Å². The number of aliphatic hydroxyl groups is 1. The number of halogens is 2. The second-order valence-corrected chi connectivity index (χ2v) is 9.94. The van der Waals surface area contributed by atoms with Gasteiger partial charge in [-0.25, -0.2) is 4.79 Å². The summed E-state index contributed by atoms with van der Waals surface area (Å²) in [5, 5.41) is 14.9.